The Bertz CT molecular complexity index is 684. The topological polar surface area (TPSA) is 47.7 Å². The monoisotopic (exact) mass is 283 g/mol. The van der Waals surface area contributed by atoms with Crippen LogP contribution in [0.5, 0.6) is 0 Å². The molecular formula is C16H21N5. The highest BCUT2D eigenvalue weighted by Gasteiger charge is 2.08. The zero-order valence-electron chi connectivity index (χ0n) is 12.4. The first-order chi connectivity index (χ1) is 10.4. The van der Waals surface area contributed by atoms with Crippen LogP contribution >= 0.6 is 0 Å². The smallest absolute Gasteiger partial charge is 0.0841 e. The minimum Gasteiger partial charge on any atom is -0.311 e. The number of fused-ring (bicyclic) bond motifs is 1. The number of aryl methyl sites for hydroxylation is 2. The van der Waals surface area contributed by atoms with Crippen molar-refractivity contribution < 1.29 is 0 Å². The van der Waals surface area contributed by atoms with Gasteiger partial charge in [-0.15, -0.1) is 0 Å². The average Bonchev–Trinajstić information content (AvgIpc) is 3.15. The number of nitrogens with one attached hydrogen (secondary N) is 1. The van der Waals surface area contributed by atoms with Crippen LogP contribution in [0.15, 0.2) is 42.7 Å². The van der Waals surface area contributed by atoms with Crippen molar-refractivity contribution in [2.24, 2.45) is 0 Å². The molecule has 5 heteroatoms. The van der Waals surface area contributed by atoms with Crippen molar-refractivity contribution in [3.8, 4) is 0 Å². The number of nitrogens with zero attached hydrogens (tertiary/aromatic N) is 4. The van der Waals surface area contributed by atoms with E-state index in [1.54, 1.807) is 0 Å². The van der Waals surface area contributed by atoms with Gasteiger partial charge in [0.2, 0.25) is 0 Å². The summed E-state index contributed by atoms with van der Waals surface area (Å²) in [6, 6.07) is 10.4. The molecule has 0 radical (unpaired) electrons. The molecule has 3 aromatic rings. The SMILES string of the molecule is CCn1nc(CNCCCn2cccn2)c2ccccc21. The van der Waals surface area contributed by atoms with E-state index in [2.05, 4.69) is 46.3 Å². The lowest BCUT2D eigenvalue weighted by molar-refractivity contribution is 0.538. The van der Waals surface area contributed by atoms with Gasteiger partial charge in [0.1, 0.15) is 0 Å². The van der Waals surface area contributed by atoms with E-state index in [0.717, 1.165) is 38.3 Å². The summed E-state index contributed by atoms with van der Waals surface area (Å²) in [4.78, 5) is 0. The Balaban J connectivity index is 1.55. The third-order valence-electron chi connectivity index (χ3n) is 3.63. The van der Waals surface area contributed by atoms with E-state index in [1.807, 2.05) is 23.1 Å². The Kier molecular flexibility index (Phi) is 4.31. The molecule has 0 amide bonds. The van der Waals surface area contributed by atoms with E-state index in [1.165, 1.54) is 10.9 Å². The highest BCUT2D eigenvalue weighted by molar-refractivity contribution is 5.81. The molecule has 0 spiro atoms. The molecule has 0 aliphatic rings. The van der Waals surface area contributed by atoms with Gasteiger partial charge in [0, 0.05) is 37.4 Å². The summed E-state index contributed by atoms with van der Waals surface area (Å²) in [5.74, 6) is 0. The second-order valence-corrected chi connectivity index (χ2v) is 5.08. The molecule has 1 N–H and O–H groups in total. The molecule has 0 saturated heterocycles. The lowest BCUT2D eigenvalue weighted by Gasteiger charge is -2.03. The second kappa shape index (κ2) is 6.54. The molecule has 0 unspecified atom stereocenters. The van der Waals surface area contributed by atoms with Crippen LogP contribution < -0.4 is 5.32 Å². The summed E-state index contributed by atoms with van der Waals surface area (Å²) >= 11 is 0. The summed E-state index contributed by atoms with van der Waals surface area (Å²) in [5, 5.41) is 13.6. The van der Waals surface area contributed by atoms with Gasteiger partial charge in [0.15, 0.2) is 0 Å². The van der Waals surface area contributed by atoms with E-state index in [9.17, 15) is 0 Å². The zero-order chi connectivity index (χ0) is 14.5. The van der Waals surface area contributed by atoms with Crippen LogP contribution in [0.4, 0.5) is 0 Å². The van der Waals surface area contributed by atoms with Crippen molar-refractivity contribution in [1.29, 1.82) is 0 Å². The van der Waals surface area contributed by atoms with Crippen molar-refractivity contribution in [3.63, 3.8) is 0 Å². The van der Waals surface area contributed by atoms with Crippen molar-refractivity contribution in [1.82, 2.24) is 24.9 Å². The predicted octanol–water partition coefficient (Wildman–Crippen LogP) is 2.43. The van der Waals surface area contributed by atoms with Gasteiger partial charge >= 0.3 is 0 Å². The van der Waals surface area contributed by atoms with Gasteiger partial charge in [-0.2, -0.15) is 10.2 Å². The Morgan fingerprint density at radius 1 is 1.19 bits per heavy atom. The van der Waals surface area contributed by atoms with Crippen LogP contribution in [0, 0.1) is 0 Å². The van der Waals surface area contributed by atoms with E-state index in [4.69, 9.17) is 5.10 Å². The largest absolute Gasteiger partial charge is 0.311 e. The van der Waals surface area contributed by atoms with Crippen LogP contribution in [0.3, 0.4) is 0 Å². The molecule has 110 valence electrons. The molecule has 0 saturated carbocycles. The first-order valence-corrected chi connectivity index (χ1v) is 7.51. The van der Waals surface area contributed by atoms with E-state index < -0.39 is 0 Å². The molecule has 0 atom stereocenters. The number of benzene rings is 1. The summed E-state index contributed by atoms with van der Waals surface area (Å²) in [5.41, 5.74) is 2.35. The first kappa shape index (κ1) is 13.8. The molecular weight excluding hydrogens is 262 g/mol. The van der Waals surface area contributed by atoms with Crippen LogP contribution in [0.25, 0.3) is 10.9 Å². The van der Waals surface area contributed by atoms with Gasteiger partial charge in [-0.1, -0.05) is 18.2 Å². The third kappa shape index (κ3) is 3.13. The van der Waals surface area contributed by atoms with Crippen molar-refractivity contribution in [2.75, 3.05) is 6.54 Å². The van der Waals surface area contributed by atoms with Crippen LogP contribution in [-0.4, -0.2) is 26.1 Å². The standard InChI is InChI=1S/C16H21N5/c1-2-21-16-8-4-3-7-14(16)15(19-21)13-17-9-5-11-20-12-6-10-18-20/h3-4,6-8,10,12,17H,2,5,9,11,13H2,1H3. The Morgan fingerprint density at radius 3 is 2.90 bits per heavy atom. The fourth-order valence-electron chi connectivity index (χ4n) is 2.57. The number of hydrogen-bond donors (Lipinski definition) is 1. The highest BCUT2D eigenvalue weighted by atomic mass is 15.3. The fraction of sp³-hybridized carbons (Fsp3) is 0.375. The molecule has 0 fully saturated rings. The summed E-state index contributed by atoms with van der Waals surface area (Å²) < 4.78 is 4.03. The van der Waals surface area contributed by atoms with Crippen LogP contribution in [-0.2, 0) is 19.6 Å². The molecule has 0 aliphatic heterocycles. The quantitative estimate of drug-likeness (QED) is 0.677. The van der Waals surface area contributed by atoms with Gasteiger partial charge in [-0.3, -0.25) is 9.36 Å². The highest BCUT2D eigenvalue weighted by Crippen LogP contribution is 2.18. The number of rotatable bonds is 7. The molecule has 3 rings (SSSR count). The van der Waals surface area contributed by atoms with Gasteiger partial charge in [0.05, 0.1) is 11.2 Å². The Morgan fingerprint density at radius 2 is 2.10 bits per heavy atom. The maximum absolute atomic E-state index is 4.69. The van der Waals surface area contributed by atoms with Crippen molar-refractivity contribution in [2.45, 2.75) is 33.0 Å². The maximum atomic E-state index is 4.69. The normalized spacial score (nSPS) is 11.3. The molecule has 0 aliphatic carbocycles. The Labute approximate surface area is 124 Å². The third-order valence-corrected chi connectivity index (χ3v) is 3.63. The van der Waals surface area contributed by atoms with Crippen molar-refractivity contribution >= 4 is 10.9 Å². The molecule has 5 nitrogen and oxygen atoms in total. The minimum absolute atomic E-state index is 0.812. The zero-order valence-corrected chi connectivity index (χ0v) is 12.4. The maximum Gasteiger partial charge on any atom is 0.0841 e. The lowest BCUT2D eigenvalue weighted by atomic mass is 10.2. The molecule has 0 bridgehead atoms. The van der Waals surface area contributed by atoms with Crippen LogP contribution in [0.2, 0.25) is 0 Å². The summed E-state index contributed by atoms with van der Waals surface area (Å²) in [7, 11) is 0. The van der Waals surface area contributed by atoms with Gasteiger partial charge in [-0.25, -0.2) is 0 Å². The number of hydrogen-bond acceptors (Lipinski definition) is 3. The minimum atomic E-state index is 0.812. The molecule has 1 aromatic carbocycles. The molecule has 2 aromatic heterocycles. The van der Waals surface area contributed by atoms with E-state index in [-0.39, 0.29) is 0 Å². The number of para-hydroxylation sites is 1. The lowest BCUT2D eigenvalue weighted by Crippen LogP contribution is -2.17. The Hall–Kier alpha value is -2.14. The molecule has 21 heavy (non-hydrogen) atoms. The van der Waals surface area contributed by atoms with Gasteiger partial charge in [0.25, 0.3) is 0 Å². The van der Waals surface area contributed by atoms with Crippen LogP contribution in [0.1, 0.15) is 19.0 Å². The fourth-order valence-corrected chi connectivity index (χ4v) is 2.57. The summed E-state index contributed by atoms with van der Waals surface area (Å²) in [6.45, 7) is 5.75. The van der Waals surface area contributed by atoms with E-state index >= 15 is 0 Å². The van der Waals surface area contributed by atoms with E-state index in [0.29, 0.717) is 0 Å². The van der Waals surface area contributed by atoms with Gasteiger partial charge < -0.3 is 5.32 Å². The predicted molar refractivity (Wildman–Crippen MR) is 84.0 cm³/mol. The average molecular weight is 283 g/mol. The van der Waals surface area contributed by atoms with Gasteiger partial charge in [-0.05, 0) is 32.0 Å². The second-order valence-electron chi connectivity index (χ2n) is 5.08. The molecule has 2 heterocycles. The van der Waals surface area contributed by atoms with Crippen molar-refractivity contribution in [3.05, 3.63) is 48.4 Å². The number of aromatic nitrogens is 4. The first-order valence-electron chi connectivity index (χ1n) is 7.51. The summed E-state index contributed by atoms with van der Waals surface area (Å²) in [6.07, 6.45) is 4.88.